The Morgan fingerprint density at radius 2 is 1.24 bits per heavy atom. The summed E-state index contributed by atoms with van der Waals surface area (Å²) >= 11 is 0. The summed E-state index contributed by atoms with van der Waals surface area (Å²) in [5.41, 5.74) is 3.40. The summed E-state index contributed by atoms with van der Waals surface area (Å²) in [6.07, 6.45) is 0. The Morgan fingerprint density at radius 1 is 0.720 bits per heavy atom. The van der Waals surface area contributed by atoms with Crippen LogP contribution in [-0.4, -0.2) is 18.4 Å². The zero-order valence-electron chi connectivity index (χ0n) is 14.3. The van der Waals surface area contributed by atoms with Gasteiger partial charge in [0, 0.05) is 5.56 Å². The van der Waals surface area contributed by atoms with E-state index in [0.717, 1.165) is 23.6 Å². The van der Waals surface area contributed by atoms with E-state index >= 15 is 0 Å². The molecule has 1 aliphatic rings. The van der Waals surface area contributed by atoms with Crippen LogP contribution in [0.3, 0.4) is 0 Å². The van der Waals surface area contributed by atoms with Gasteiger partial charge in [-0.25, -0.2) is 5.01 Å². The molecule has 0 spiro atoms. The number of benzene rings is 3. The second kappa shape index (κ2) is 6.81. The van der Waals surface area contributed by atoms with Gasteiger partial charge >= 0.3 is 0 Å². The van der Waals surface area contributed by atoms with Crippen molar-refractivity contribution in [2.75, 3.05) is 16.6 Å². The summed E-state index contributed by atoms with van der Waals surface area (Å²) in [5.74, 6) is 0.981. The molecule has 0 N–H and O–H groups in total. The monoisotopic (exact) mass is 327 g/mol. The van der Waals surface area contributed by atoms with Crippen molar-refractivity contribution >= 4 is 17.2 Å². The normalized spacial score (nSPS) is 17.3. The summed E-state index contributed by atoms with van der Waals surface area (Å²) in [7, 11) is 0. The van der Waals surface area contributed by atoms with E-state index in [4.69, 9.17) is 4.99 Å². The van der Waals surface area contributed by atoms with Crippen LogP contribution >= 0.6 is 0 Å². The fourth-order valence-corrected chi connectivity index (χ4v) is 3.19. The standard InChI is InChI=1S/C22H21N3/c1-18-17-24(20-13-7-3-8-14-20)25(21-15-9-4-10-16-21)22(23-18)19-11-5-2-6-12-19/h2-16,18H,17H2,1H3. The number of hydrogen-bond acceptors (Lipinski definition) is 3. The molecule has 3 nitrogen and oxygen atoms in total. The van der Waals surface area contributed by atoms with Gasteiger partial charge in [-0.15, -0.1) is 0 Å². The average Bonchev–Trinajstić information content (AvgIpc) is 2.69. The van der Waals surface area contributed by atoms with Gasteiger partial charge in [-0.2, -0.15) is 0 Å². The second-order valence-electron chi connectivity index (χ2n) is 6.23. The van der Waals surface area contributed by atoms with Gasteiger partial charge in [0.05, 0.1) is 24.0 Å². The number of rotatable bonds is 3. The van der Waals surface area contributed by atoms with E-state index in [2.05, 4.69) is 95.8 Å². The molecule has 0 radical (unpaired) electrons. The van der Waals surface area contributed by atoms with Gasteiger partial charge in [0.2, 0.25) is 0 Å². The van der Waals surface area contributed by atoms with E-state index in [0.29, 0.717) is 0 Å². The summed E-state index contributed by atoms with van der Waals surface area (Å²) in [5, 5.41) is 4.54. The molecule has 3 aromatic carbocycles. The van der Waals surface area contributed by atoms with E-state index in [1.807, 2.05) is 12.1 Å². The van der Waals surface area contributed by atoms with Gasteiger partial charge in [-0.05, 0) is 31.2 Å². The van der Waals surface area contributed by atoms with Crippen LogP contribution in [-0.2, 0) is 0 Å². The molecule has 1 aliphatic heterocycles. The molecule has 1 unspecified atom stereocenters. The maximum atomic E-state index is 4.99. The Bertz CT molecular complexity index is 844. The van der Waals surface area contributed by atoms with Gasteiger partial charge in [0.1, 0.15) is 0 Å². The minimum Gasteiger partial charge on any atom is -0.277 e. The summed E-state index contributed by atoms with van der Waals surface area (Å²) in [4.78, 5) is 4.99. The van der Waals surface area contributed by atoms with Gasteiger partial charge in [-0.1, -0.05) is 66.7 Å². The fraction of sp³-hybridized carbons (Fsp3) is 0.136. The maximum absolute atomic E-state index is 4.99. The van der Waals surface area contributed by atoms with Crippen LogP contribution in [0.5, 0.6) is 0 Å². The van der Waals surface area contributed by atoms with Crippen molar-refractivity contribution in [2.24, 2.45) is 4.99 Å². The Hall–Kier alpha value is -3.07. The van der Waals surface area contributed by atoms with Crippen molar-refractivity contribution in [3.8, 4) is 0 Å². The molecular formula is C22H21N3. The molecular weight excluding hydrogens is 306 g/mol. The predicted octanol–water partition coefficient (Wildman–Crippen LogP) is 4.76. The molecule has 0 fully saturated rings. The van der Waals surface area contributed by atoms with Gasteiger partial charge in [0.15, 0.2) is 5.84 Å². The third kappa shape index (κ3) is 3.13. The van der Waals surface area contributed by atoms with E-state index < -0.39 is 0 Å². The van der Waals surface area contributed by atoms with Crippen molar-refractivity contribution in [1.29, 1.82) is 0 Å². The first-order valence-electron chi connectivity index (χ1n) is 8.64. The quantitative estimate of drug-likeness (QED) is 0.690. The van der Waals surface area contributed by atoms with E-state index in [-0.39, 0.29) is 6.04 Å². The lowest BCUT2D eigenvalue weighted by molar-refractivity contribution is 0.658. The Labute approximate surface area is 148 Å². The topological polar surface area (TPSA) is 18.8 Å². The van der Waals surface area contributed by atoms with E-state index in [1.165, 1.54) is 5.69 Å². The molecule has 0 bridgehead atoms. The highest BCUT2D eigenvalue weighted by atomic mass is 15.7. The Morgan fingerprint density at radius 3 is 1.84 bits per heavy atom. The highest BCUT2D eigenvalue weighted by molar-refractivity contribution is 6.12. The van der Waals surface area contributed by atoms with Crippen molar-refractivity contribution in [3.05, 3.63) is 96.6 Å². The third-order valence-corrected chi connectivity index (χ3v) is 4.31. The summed E-state index contributed by atoms with van der Waals surface area (Å²) in [6, 6.07) is 31.6. The Kier molecular flexibility index (Phi) is 4.21. The zero-order chi connectivity index (χ0) is 17.1. The van der Waals surface area contributed by atoms with Gasteiger partial charge < -0.3 is 0 Å². The molecule has 0 saturated carbocycles. The maximum Gasteiger partial charge on any atom is 0.155 e. The second-order valence-corrected chi connectivity index (χ2v) is 6.23. The smallest absolute Gasteiger partial charge is 0.155 e. The first-order chi connectivity index (χ1) is 12.3. The van der Waals surface area contributed by atoms with Gasteiger partial charge in [-0.3, -0.25) is 10.0 Å². The molecule has 3 aromatic rings. The number of para-hydroxylation sites is 2. The molecule has 1 atom stereocenters. The van der Waals surface area contributed by atoms with Crippen LogP contribution in [0.1, 0.15) is 12.5 Å². The largest absolute Gasteiger partial charge is 0.277 e. The molecule has 0 saturated heterocycles. The van der Waals surface area contributed by atoms with Crippen molar-refractivity contribution in [1.82, 2.24) is 0 Å². The van der Waals surface area contributed by atoms with Gasteiger partial charge in [0.25, 0.3) is 0 Å². The van der Waals surface area contributed by atoms with Crippen molar-refractivity contribution < 1.29 is 0 Å². The van der Waals surface area contributed by atoms with Crippen LogP contribution in [0.4, 0.5) is 11.4 Å². The van der Waals surface area contributed by atoms with Crippen LogP contribution in [0, 0.1) is 0 Å². The molecule has 1 heterocycles. The molecule has 3 heteroatoms. The van der Waals surface area contributed by atoms with E-state index in [1.54, 1.807) is 0 Å². The average molecular weight is 327 g/mol. The highest BCUT2D eigenvalue weighted by Gasteiger charge is 2.29. The van der Waals surface area contributed by atoms with Crippen LogP contribution < -0.4 is 10.0 Å². The number of anilines is 2. The molecule has 0 amide bonds. The first kappa shape index (κ1) is 15.5. The molecule has 0 aromatic heterocycles. The molecule has 4 rings (SSSR count). The lowest BCUT2D eigenvalue weighted by Gasteiger charge is -2.43. The Balaban J connectivity index is 1.86. The fourth-order valence-electron chi connectivity index (χ4n) is 3.19. The molecule has 124 valence electrons. The van der Waals surface area contributed by atoms with Crippen molar-refractivity contribution in [2.45, 2.75) is 13.0 Å². The first-order valence-corrected chi connectivity index (χ1v) is 8.64. The number of hydrogen-bond donors (Lipinski definition) is 0. The SMILES string of the molecule is CC1CN(c2ccccc2)N(c2ccccc2)C(c2ccccc2)=N1. The number of nitrogens with zero attached hydrogens (tertiary/aromatic N) is 3. The predicted molar refractivity (Wildman–Crippen MR) is 105 cm³/mol. The highest BCUT2D eigenvalue weighted by Crippen LogP contribution is 2.28. The summed E-state index contributed by atoms with van der Waals surface area (Å²) < 4.78 is 0. The zero-order valence-corrected chi connectivity index (χ0v) is 14.3. The number of hydrazine groups is 1. The van der Waals surface area contributed by atoms with E-state index in [9.17, 15) is 0 Å². The number of aliphatic imine (C=N–C) groups is 1. The molecule has 25 heavy (non-hydrogen) atoms. The minimum absolute atomic E-state index is 0.218. The lowest BCUT2D eigenvalue weighted by atomic mass is 10.1. The van der Waals surface area contributed by atoms with Crippen LogP contribution in [0.2, 0.25) is 0 Å². The van der Waals surface area contributed by atoms with Crippen LogP contribution in [0.15, 0.2) is 96.0 Å². The van der Waals surface area contributed by atoms with Crippen LogP contribution in [0.25, 0.3) is 0 Å². The minimum atomic E-state index is 0.218. The number of amidine groups is 1. The molecule has 0 aliphatic carbocycles. The van der Waals surface area contributed by atoms with Crippen molar-refractivity contribution in [3.63, 3.8) is 0 Å². The third-order valence-electron chi connectivity index (χ3n) is 4.31. The lowest BCUT2D eigenvalue weighted by Crippen LogP contribution is -2.54. The summed E-state index contributed by atoms with van der Waals surface area (Å²) in [6.45, 7) is 3.01.